The van der Waals surface area contributed by atoms with E-state index in [1.165, 1.54) is 4.52 Å². The van der Waals surface area contributed by atoms with E-state index in [0.717, 1.165) is 11.1 Å². The maximum atomic E-state index is 6.10. The molecule has 0 radical (unpaired) electrons. The van der Waals surface area contributed by atoms with Gasteiger partial charge in [-0.2, -0.15) is 4.52 Å². The van der Waals surface area contributed by atoms with Gasteiger partial charge in [0.05, 0.1) is 0 Å². The SMILES string of the molecule is Cc1cccc(-c2nc(N)c(Cl)n3nc(C)nc23)c1. The van der Waals surface area contributed by atoms with Gasteiger partial charge in [-0.25, -0.2) is 9.97 Å². The third kappa shape index (κ3) is 1.92. The van der Waals surface area contributed by atoms with Gasteiger partial charge in [-0.1, -0.05) is 35.4 Å². The van der Waals surface area contributed by atoms with Crippen molar-refractivity contribution in [3.05, 3.63) is 40.8 Å². The number of fused-ring (bicyclic) bond motifs is 1. The Bertz CT molecular complexity index is 778. The number of aromatic nitrogens is 4. The third-order valence-electron chi connectivity index (χ3n) is 2.85. The molecular formula is C13H12ClN5. The summed E-state index contributed by atoms with van der Waals surface area (Å²) in [5.74, 6) is 0.874. The highest BCUT2D eigenvalue weighted by molar-refractivity contribution is 6.32. The van der Waals surface area contributed by atoms with E-state index in [-0.39, 0.29) is 11.0 Å². The van der Waals surface area contributed by atoms with Crippen LogP contribution in [0.3, 0.4) is 0 Å². The van der Waals surface area contributed by atoms with E-state index in [1.807, 2.05) is 31.2 Å². The van der Waals surface area contributed by atoms with Crippen LogP contribution in [-0.2, 0) is 0 Å². The fourth-order valence-electron chi connectivity index (χ4n) is 2.02. The maximum absolute atomic E-state index is 6.10. The lowest BCUT2D eigenvalue weighted by Crippen LogP contribution is -2.02. The molecule has 3 rings (SSSR count). The molecule has 0 aliphatic carbocycles. The Kier molecular flexibility index (Phi) is 2.64. The summed E-state index contributed by atoms with van der Waals surface area (Å²) in [6.45, 7) is 3.83. The first kappa shape index (κ1) is 11.9. The van der Waals surface area contributed by atoms with Crippen LogP contribution in [-0.4, -0.2) is 19.6 Å². The van der Waals surface area contributed by atoms with Crippen LogP contribution in [0.1, 0.15) is 11.4 Å². The van der Waals surface area contributed by atoms with Crippen molar-refractivity contribution in [3.63, 3.8) is 0 Å². The highest BCUT2D eigenvalue weighted by Crippen LogP contribution is 2.27. The van der Waals surface area contributed by atoms with Gasteiger partial charge in [0.2, 0.25) is 0 Å². The zero-order valence-corrected chi connectivity index (χ0v) is 11.3. The van der Waals surface area contributed by atoms with Gasteiger partial charge in [0.1, 0.15) is 11.5 Å². The van der Waals surface area contributed by atoms with E-state index >= 15 is 0 Å². The second-order valence-corrected chi connectivity index (χ2v) is 4.76. The van der Waals surface area contributed by atoms with Crippen LogP contribution < -0.4 is 5.73 Å². The smallest absolute Gasteiger partial charge is 0.183 e. The van der Waals surface area contributed by atoms with E-state index < -0.39 is 0 Å². The lowest BCUT2D eigenvalue weighted by atomic mass is 10.1. The Morgan fingerprint density at radius 2 is 2.00 bits per heavy atom. The summed E-state index contributed by atoms with van der Waals surface area (Å²) >= 11 is 6.10. The first-order valence-electron chi connectivity index (χ1n) is 5.81. The molecule has 3 aromatic rings. The number of halogens is 1. The maximum Gasteiger partial charge on any atom is 0.183 e. The normalized spacial score (nSPS) is 11.1. The molecule has 6 heteroatoms. The first-order chi connectivity index (χ1) is 9.06. The number of nitrogen functional groups attached to an aromatic ring is 1. The number of rotatable bonds is 1. The Labute approximate surface area is 115 Å². The van der Waals surface area contributed by atoms with Crippen molar-refractivity contribution >= 4 is 23.1 Å². The van der Waals surface area contributed by atoms with Crippen LogP contribution in [0.25, 0.3) is 16.9 Å². The van der Waals surface area contributed by atoms with Crippen LogP contribution in [0.2, 0.25) is 5.15 Å². The summed E-state index contributed by atoms with van der Waals surface area (Å²) in [7, 11) is 0. The predicted octanol–water partition coefficient (Wildman–Crippen LogP) is 2.64. The molecule has 0 unspecified atom stereocenters. The molecule has 0 saturated carbocycles. The second-order valence-electron chi connectivity index (χ2n) is 4.40. The van der Waals surface area contributed by atoms with Crippen LogP contribution in [0, 0.1) is 13.8 Å². The molecule has 0 spiro atoms. The predicted molar refractivity (Wildman–Crippen MR) is 75.1 cm³/mol. The molecule has 5 nitrogen and oxygen atoms in total. The highest BCUT2D eigenvalue weighted by Gasteiger charge is 2.15. The average molecular weight is 274 g/mol. The zero-order valence-electron chi connectivity index (χ0n) is 10.6. The second kappa shape index (κ2) is 4.20. The van der Waals surface area contributed by atoms with Crippen LogP contribution in [0.4, 0.5) is 5.82 Å². The fraction of sp³-hybridized carbons (Fsp3) is 0.154. The third-order valence-corrected chi connectivity index (χ3v) is 3.20. The topological polar surface area (TPSA) is 69.1 Å². The zero-order chi connectivity index (χ0) is 13.6. The van der Waals surface area contributed by atoms with Gasteiger partial charge < -0.3 is 5.73 Å². The van der Waals surface area contributed by atoms with Crippen molar-refractivity contribution in [1.82, 2.24) is 19.6 Å². The van der Waals surface area contributed by atoms with E-state index in [9.17, 15) is 0 Å². The van der Waals surface area contributed by atoms with Gasteiger partial charge in [0, 0.05) is 5.56 Å². The lowest BCUT2D eigenvalue weighted by Gasteiger charge is -2.06. The summed E-state index contributed by atoms with van der Waals surface area (Å²) in [4.78, 5) is 8.72. The quantitative estimate of drug-likeness (QED) is 0.740. The van der Waals surface area contributed by atoms with Crippen molar-refractivity contribution in [2.45, 2.75) is 13.8 Å². The number of aryl methyl sites for hydroxylation is 2. The Balaban J connectivity index is 2.38. The van der Waals surface area contributed by atoms with Gasteiger partial charge in [0.25, 0.3) is 0 Å². The molecule has 19 heavy (non-hydrogen) atoms. The lowest BCUT2D eigenvalue weighted by molar-refractivity contribution is 0.925. The number of nitrogens with zero attached hydrogens (tertiary/aromatic N) is 4. The van der Waals surface area contributed by atoms with Crippen molar-refractivity contribution in [2.24, 2.45) is 0 Å². The largest absolute Gasteiger partial charge is 0.381 e. The Morgan fingerprint density at radius 1 is 1.21 bits per heavy atom. The first-order valence-corrected chi connectivity index (χ1v) is 6.19. The monoisotopic (exact) mass is 273 g/mol. The fourth-order valence-corrected chi connectivity index (χ4v) is 2.18. The molecule has 2 aromatic heterocycles. The standard InChI is InChI=1S/C13H12ClN5/c1-7-4-3-5-9(6-7)10-13-16-8(2)18-19(13)11(14)12(15)17-10/h3-6H,15H2,1-2H3. The molecule has 0 aliphatic heterocycles. The number of nitrogens with two attached hydrogens (primary N) is 1. The summed E-state index contributed by atoms with van der Waals surface area (Å²) in [5.41, 5.74) is 9.23. The summed E-state index contributed by atoms with van der Waals surface area (Å²) < 4.78 is 1.52. The van der Waals surface area contributed by atoms with Crippen molar-refractivity contribution in [1.29, 1.82) is 0 Å². The van der Waals surface area contributed by atoms with Crippen molar-refractivity contribution < 1.29 is 0 Å². The number of hydrogen-bond acceptors (Lipinski definition) is 4. The minimum Gasteiger partial charge on any atom is -0.381 e. The average Bonchev–Trinajstić information content (AvgIpc) is 2.76. The van der Waals surface area contributed by atoms with Gasteiger partial charge >= 0.3 is 0 Å². The Morgan fingerprint density at radius 3 is 2.74 bits per heavy atom. The number of hydrogen-bond donors (Lipinski definition) is 1. The van der Waals surface area contributed by atoms with Crippen molar-refractivity contribution in [3.8, 4) is 11.3 Å². The molecule has 0 aliphatic rings. The Hall–Kier alpha value is -2.14. The number of anilines is 1. The van der Waals surface area contributed by atoms with Crippen LogP contribution in [0.15, 0.2) is 24.3 Å². The van der Waals surface area contributed by atoms with E-state index in [1.54, 1.807) is 6.92 Å². The van der Waals surface area contributed by atoms with E-state index in [4.69, 9.17) is 17.3 Å². The molecule has 1 aromatic carbocycles. The van der Waals surface area contributed by atoms with Crippen molar-refractivity contribution in [2.75, 3.05) is 5.73 Å². The minimum atomic E-state index is 0.246. The van der Waals surface area contributed by atoms with Gasteiger partial charge in [0.15, 0.2) is 16.6 Å². The molecule has 0 bridgehead atoms. The summed E-state index contributed by atoms with van der Waals surface area (Å²) in [6.07, 6.45) is 0. The molecule has 2 heterocycles. The summed E-state index contributed by atoms with van der Waals surface area (Å²) in [5, 5.41) is 4.52. The molecular weight excluding hydrogens is 262 g/mol. The molecule has 0 atom stereocenters. The molecule has 2 N–H and O–H groups in total. The summed E-state index contributed by atoms with van der Waals surface area (Å²) in [6, 6.07) is 7.98. The van der Waals surface area contributed by atoms with E-state index in [2.05, 4.69) is 15.1 Å². The minimum absolute atomic E-state index is 0.246. The molecule has 96 valence electrons. The van der Waals surface area contributed by atoms with Crippen LogP contribution in [0.5, 0.6) is 0 Å². The number of benzene rings is 1. The van der Waals surface area contributed by atoms with Gasteiger partial charge in [-0.15, -0.1) is 5.10 Å². The molecule has 0 amide bonds. The molecule has 0 saturated heterocycles. The highest BCUT2D eigenvalue weighted by atomic mass is 35.5. The van der Waals surface area contributed by atoms with E-state index in [0.29, 0.717) is 17.2 Å². The molecule has 0 fully saturated rings. The van der Waals surface area contributed by atoms with Crippen LogP contribution >= 0.6 is 11.6 Å². The van der Waals surface area contributed by atoms with Gasteiger partial charge in [-0.05, 0) is 19.9 Å². The van der Waals surface area contributed by atoms with Gasteiger partial charge in [-0.3, -0.25) is 0 Å².